The zero-order valence-corrected chi connectivity index (χ0v) is 8.13. The molecule has 0 bridgehead atoms. The van der Waals surface area contributed by atoms with E-state index in [1.165, 1.54) is 0 Å². The average Bonchev–Trinajstić information content (AvgIpc) is 2.02. The van der Waals surface area contributed by atoms with Crippen LogP contribution in [0.15, 0.2) is 0 Å². The molecule has 0 aliphatic rings. The van der Waals surface area contributed by atoms with E-state index >= 15 is 0 Å². The van der Waals surface area contributed by atoms with Crippen LogP contribution in [0.3, 0.4) is 0 Å². The standard InChI is InChI=1S/C9H19NO2/c1-4-7(2)5-8(10-3)6-9(11)12/h7-8,10H,4-6H2,1-3H3,(H,11,12). The van der Waals surface area contributed by atoms with Crippen LogP contribution in [0.25, 0.3) is 0 Å². The molecule has 0 radical (unpaired) electrons. The van der Waals surface area contributed by atoms with Crippen molar-refractivity contribution < 1.29 is 9.90 Å². The van der Waals surface area contributed by atoms with Crippen molar-refractivity contribution >= 4 is 5.97 Å². The Morgan fingerprint density at radius 2 is 2.17 bits per heavy atom. The molecule has 2 atom stereocenters. The van der Waals surface area contributed by atoms with Crippen molar-refractivity contribution in [3.8, 4) is 0 Å². The van der Waals surface area contributed by atoms with Crippen molar-refractivity contribution in [2.45, 2.75) is 39.2 Å². The Hall–Kier alpha value is -0.570. The van der Waals surface area contributed by atoms with Gasteiger partial charge < -0.3 is 10.4 Å². The average molecular weight is 173 g/mol. The second-order valence-electron chi connectivity index (χ2n) is 3.33. The van der Waals surface area contributed by atoms with Crippen LogP contribution in [-0.2, 0) is 4.79 Å². The highest BCUT2D eigenvalue weighted by molar-refractivity contribution is 5.67. The Balaban J connectivity index is 3.74. The molecule has 72 valence electrons. The summed E-state index contributed by atoms with van der Waals surface area (Å²) in [6.45, 7) is 4.27. The number of nitrogens with one attached hydrogen (secondary N) is 1. The van der Waals surface area contributed by atoms with Crippen molar-refractivity contribution in [2.75, 3.05) is 7.05 Å². The molecule has 0 aromatic rings. The van der Waals surface area contributed by atoms with Crippen LogP contribution in [0.5, 0.6) is 0 Å². The topological polar surface area (TPSA) is 49.3 Å². The minimum absolute atomic E-state index is 0.123. The van der Waals surface area contributed by atoms with Crippen LogP contribution in [0.4, 0.5) is 0 Å². The van der Waals surface area contributed by atoms with E-state index in [0.717, 1.165) is 12.8 Å². The molecule has 3 heteroatoms. The lowest BCUT2D eigenvalue weighted by atomic mass is 9.97. The normalized spacial score (nSPS) is 15.6. The van der Waals surface area contributed by atoms with Gasteiger partial charge in [0.25, 0.3) is 0 Å². The molecule has 0 heterocycles. The van der Waals surface area contributed by atoms with Crippen LogP contribution >= 0.6 is 0 Å². The molecule has 2 unspecified atom stereocenters. The summed E-state index contributed by atoms with van der Waals surface area (Å²) < 4.78 is 0. The maximum absolute atomic E-state index is 10.4. The Kier molecular flexibility index (Phi) is 5.72. The van der Waals surface area contributed by atoms with Crippen molar-refractivity contribution in [3.05, 3.63) is 0 Å². The smallest absolute Gasteiger partial charge is 0.304 e. The first-order chi connectivity index (χ1) is 5.60. The number of rotatable bonds is 6. The zero-order valence-electron chi connectivity index (χ0n) is 8.13. The minimum atomic E-state index is -0.724. The largest absolute Gasteiger partial charge is 0.481 e. The predicted octanol–water partition coefficient (Wildman–Crippen LogP) is 1.49. The number of hydrogen-bond donors (Lipinski definition) is 2. The van der Waals surface area contributed by atoms with Gasteiger partial charge in [0.05, 0.1) is 6.42 Å². The highest BCUT2D eigenvalue weighted by Crippen LogP contribution is 2.11. The maximum Gasteiger partial charge on any atom is 0.304 e. The lowest BCUT2D eigenvalue weighted by Crippen LogP contribution is -2.29. The SMILES string of the molecule is CCC(C)CC(CC(=O)O)NC. The Morgan fingerprint density at radius 1 is 1.58 bits per heavy atom. The van der Waals surface area contributed by atoms with Crippen molar-refractivity contribution in [3.63, 3.8) is 0 Å². The predicted molar refractivity (Wildman–Crippen MR) is 49.2 cm³/mol. The zero-order chi connectivity index (χ0) is 9.56. The van der Waals surface area contributed by atoms with Gasteiger partial charge in [0.2, 0.25) is 0 Å². The van der Waals surface area contributed by atoms with E-state index in [9.17, 15) is 4.79 Å². The van der Waals surface area contributed by atoms with Crippen molar-refractivity contribution in [1.29, 1.82) is 0 Å². The molecule has 0 saturated carbocycles. The van der Waals surface area contributed by atoms with Gasteiger partial charge in [-0.1, -0.05) is 20.3 Å². The lowest BCUT2D eigenvalue weighted by Gasteiger charge is -2.17. The van der Waals surface area contributed by atoms with Crippen LogP contribution in [0.2, 0.25) is 0 Å². The number of carbonyl (C=O) groups is 1. The molecule has 2 N–H and O–H groups in total. The number of carboxylic acid groups (broad SMARTS) is 1. The fourth-order valence-corrected chi connectivity index (χ4v) is 1.17. The van der Waals surface area contributed by atoms with E-state index in [2.05, 4.69) is 19.2 Å². The fourth-order valence-electron chi connectivity index (χ4n) is 1.17. The van der Waals surface area contributed by atoms with E-state index in [-0.39, 0.29) is 12.5 Å². The van der Waals surface area contributed by atoms with Gasteiger partial charge in [-0.25, -0.2) is 0 Å². The van der Waals surface area contributed by atoms with Gasteiger partial charge in [-0.05, 0) is 19.4 Å². The summed E-state index contributed by atoms with van der Waals surface area (Å²) in [5.41, 5.74) is 0. The van der Waals surface area contributed by atoms with E-state index < -0.39 is 5.97 Å². The second-order valence-corrected chi connectivity index (χ2v) is 3.33. The number of aliphatic carboxylic acids is 1. The number of carboxylic acids is 1. The summed E-state index contributed by atoms with van der Waals surface area (Å²) >= 11 is 0. The molecule has 0 aromatic carbocycles. The first kappa shape index (κ1) is 11.4. The Morgan fingerprint density at radius 3 is 2.50 bits per heavy atom. The van der Waals surface area contributed by atoms with E-state index in [1.54, 1.807) is 0 Å². The van der Waals surface area contributed by atoms with Crippen LogP contribution in [0.1, 0.15) is 33.1 Å². The minimum Gasteiger partial charge on any atom is -0.481 e. The summed E-state index contributed by atoms with van der Waals surface area (Å²) in [6, 6.07) is 0.123. The monoisotopic (exact) mass is 173 g/mol. The molecule has 0 fully saturated rings. The Bertz CT molecular complexity index is 136. The maximum atomic E-state index is 10.4. The third-order valence-corrected chi connectivity index (χ3v) is 2.21. The van der Waals surface area contributed by atoms with Crippen LogP contribution in [-0.4, -0.2) is 24.2 Å². The molecule has 0 aromatic heterocycles. The molecule has 0 saturated heterocycles. The highest BCUT2D eigenvalue weighted by atomic mass is 16.4. The Labute approximate surface area is 74.2 Å². The van der Waals surface area contributed by atoms with Crippen LogP contribution in [0, 0.1) is 5.92 Å². The molecular weight excluding hydrogens is 154 g/mol. The van der Waals surface area contributed by atoms with Crippen LogP contribution < -0.4 is 5.32 Å². The third kappa shape index (κ3) is 5.13. The van der Waals surface area contributed by atoms with Gasteiger partial charge in [-0.15, -0.1) is 0 Å². The first-order valence-corrected chi connectivity index (χ1v) is 4.49. The third-order valence-electron chi connectivity index (χ3n) is 2.21. The summed E-state index contributed by atoms with van der Waals surface area (Å²) in [6.07, 6.45) is 2.28. The molecule has 0 aliphatic heterocycles. The molecule has 0 rings (SSSR count). The summed E-state index contributed by atoms with van der Waals surface area (Å²) in [5.74, 6) is -0.126. The molecule has 0 spiro atoms. The van der Waals surface area contributed by atoms with Gasteiger partial charge in [0, 0.05) is 6.04 Å². The molecule has 3 nitrogen and oxygen atoms in total. The quantitative estimate of drug-likeness (QED) is 0.639. The fraction of sp³-hybridized carbons (Fsp3) is 0.889. The van der Waals surface area contributed by atoms with Gasteiger partial charge >= 0.3 is 5.97 Å². The van der Waals surface area contributed by atoms with Crippen molar-refractivity contribution in [2.24, 2.45) is 5.92 Å². The van der Waals surface area contributed by atoms with Crippen molar-refractivity contribution in [1.82, 2.24) is 5.32 Å². The number of hydrogen-bond acceptors (Lipinski definition) is 2. The van der Waals surface area contributed by atoms with E-state index in [4.69, 9.17) is 5.11 Å². The molecular formula is C9H19NO2. The summed E-state index contributed by atoms with van der Waals surface area (Å²) in [4.78, 5) is 10.4. The van der Waals surface area contributed by atoms with E-state index in [0.29, 0.717) is 5.92 Å². The molecule has 0 amide bonds. The summed E-state index contributed by atoms with van der Waals surface area (Å²) in [5, 5.41) is 11.6. The molecule has 12 heavy (non-hydrogen) atoms. The lowest BCUT2D eigenvalue weighted by molar-refractivity contribution is -0.137. The van der Waals surface area contributed by atoms with Gasteiger partial charge in [0.1, 0.15) is 0 Å². The highest BCUT2D eigenvalue weighted by Gasteiger charge is 2.13. The van der Waals surface area contributed by atoms with E-state index in [1.807, 2.05) is 7.05 Å². The summed E-state index contributed by atoms with van der Waals surface area (Å²) in [7, 11) is 1.82. The van der Waals surface area contributed by atoms with Gasteiger partial charge in [-0.2, -0.15) is 0 Å². The van der Waals surface area contributed by atoms with Gasteiger partial charge in [-0.3, -0.25) is 4.79 Å². The second kappa shape index (κ2) is 6.00. The van der Waals surface area contributed by atoms with Gasteiger partial charge in [0.15, 0.2) is 0 Å². The molecule has 0 aliphatic carbocycles. The first-order valence-electron chi connectivity index (χ1n) is 4.49.